The average Bonchev–Trinajstić information content (AvgIpc) is 2.47. The summed E-state index contributed by atoms with van der Waals surface area (Å²) in [5, 5.41) is 0.647. The van der Waals surface area contributed by atoms with Gasteiger partial charge in [-0.15, -0.1) is 11.3 Å². The molecule has 0 unspecified atom stereocenters. The molecule has 1 nitrogen and oxygen atoms in total. The molecular weight excluding hydrogens is 302 g/mol. The second-order valence-electron chi connectivity index (χ2n) is 2.54. The fourth-order valence-corrected chi connectivity index (χ4v) is 2.99. The second-order valence-corrected chi connectivity index (χ2v) is 5.52. The summed E-state index contributed by atoms with van der Waals surface area (Å²) >= 11 is 3.76. The van der Waals surface area contributed by atoms with Gasteiger partial charge in [0.05, 0.1) is 9.99 Å². The topological polar surface area (TPSA) is 9.23 Å². The second kappa shape index (κ2) is 3.42. The third-order valence-electron chi connectivity index (χ3n) is 1.79. The maximum absolute atomic E-state index is 13.6. The SMILES string of the molecule is COc1ccc2sc(I)cc2c1F. The van der Waals surface area contributed by atoms with E-state index < -0.39 is 0 Å². The predicted molar refractivity (Wildman–Crippen MR) is 61.1 cm³/mol. The number of benzene rings is 1. The van der Waals surface area contributed by atoms with E-state index in [9.17, 15) is 4.39 Å². The number of fused-ring (bicyclic) bond motifs is 1. The highest BCUT2D eigenvalue weighted by atomic mass is 127. The number of methoxy groups -OCH3 is 1. The number of hydrogen-bond donors (Lipinski definition) is 0. The van der Waals surface area contributed by atoms with Crippen LogP contribution in [0.4, 0.5) is 4.39 Å². The van der Waals surface area contributed by atoms with E-state index in [-0.39, 0.29) is 5.82 Å². The van der Waals surface area contributed by atoms with Gasteiger partial charge in [0.2, 0.25) is 0 Å². The fourth-order valence-electron chi connectivity index (χ4n) is 1.18. The van der Waals surface area contributed by atoms with Crippen LogP contribution >= 0.6 is 33.9 Å². The van der Waals surface area contributed by atoms with Gasteiger partial charge in [0.15, 0.2) is 11.6 Å². The molecule has 0 aliphatic rings. The molecule has 68 valence electrons. The van der Waals surface area contributed by atoms with Crippen molar-refractivity contribution in [2.24, 2.45) is 0 Å². The summed E-state index contributed by atoms with van der Waals surface area (Å²) in [6.07, 6.45) is 0. The monoisotopic (exact) mass is 308 g/mol. The first-order valence-electron chi connectivity index (χ1n) is 3.64. The third kappa shape index (κ3) is 1.52. The van der Waals surface area contributed by atoms with E-state index in [1.165, 1.54) is 7.11 Å². The van der Waals surface area contributed by atoms with E-state index in [0.717, 1.165) is 7.58 Å². The van der Waals surface area contributed by atoms with Crippen LogP contribution in [-0.4, -0.2) is 7.11 Å². The van der Waals surface area contributed by atoms with Crippen molar-refractivity contribution >= 4 is 44.0 Å². The van der Waals surface area contributed by atoms with Crippen LogP contribution in [0, 0.1) is 8.70 Å². The largest absolute Gasteiger partial charge is 0.494 e. The Kier molecular flexibility index (Phi) is 2.42. The van der Waals surface area contributed by atoms with Gasteiger partial charge in [0.25, 0.3) is 0 Å². The molecule has 1 heterocycles. The quantitative estimate of drug-likeness (QED) is 0.731. The molecule has 0 aliphatic heterocycles. The van der Waals surface area contributed by atoms with E-state index in [1.54, 1.807) is 17.4 Å². The van der Waals surface area contributed by atoms with Gasteiger partial charge >= 0.3 is 0 Å². The van der Waals surface area contributed by atoms with Crippen LogP contribution in [0.5, 0.6) is 5.75 Å². The van der Waals surface area contributed by atoms with Crippen molar-refractivity contribution in [1.82, 2.24) is 0 Å². The first kappa shape index (κ1) is 9.21. The van der Waals surface area contributed by atoms with Crippen molar-refractivity contribution in [2.75, 3.05) is 7.11 Å². The molecule has 0 radical (unpaired) electrons. The van der Waals surface area contributed by atoms with E-state index >= 15 is 0 Å². The van der Waals surface area contributed by atoms with Crippen LogP contribution in [0.25, 0.3) is 10.1 Å². The fraction of sp³-hybridized carbons (Fsp3) is 0.111. The van der Waals surface area contributed by atoms with Gasteiger partial charge in [-0.1, -0.05) is 0 Å². The Hall–Kier alpha value is -0.360. The van der Waals surface area contributed by atoms with Crippen LogP contribution in [0.2, 0.25) is 0 Å². The molecule has 0 atom stereocenters. The molecule has 0 N–H and O–H groups in total. The molecule has 2 aromatic rings. The van der Waals surface area contributed by atoms with E-state index in [0.29, 0.717) is 11.1 Å². The van der Waals surface area contributed by atoms with Crippen LogP contribution in [0.1, 0.15) is 0 Å². The molecule has 0 saturated carbocycles. The van der Waals surface area contributed by atoms with Gasteiger partial charge < -0.3 is 4.74 Å². The lowest BCUT2D eigenvalue weighted by molar-refractivity contribution is 0.389. The minimum absolute atomic E-state index is 0.265. The summed E-state index contributed by atoms with van der Waals surface area (Å²) in [6, 6.07) is 5.37. The third-order valence-corrected chi connectivity index (χ3v) is 3.65. The van der Waals surface area contributed by atoms with Crippen molar-refractivity contribution in [3.05, 3.63) is 26.9 Å². The Balaban J connectivity index is 2.78. The van der Waals surface area contributed by atoms with Crippen LogP contribution in [0.15, 0.2) is 18.2 Å². The summed E-state index contributed by atoms with van der Waals surface area (Å²) in [6.45, 7) is 0. The highest BCUT2D eigenvalue weighted by Crippen LogP contribution is 2.32. The highest BCUT2D eigenvalue weighted by Gasteiger charge is 2.09. The summed E-state index contributed by atoms with van der Waals surface area (Å²) < 4.78 is 20.5. The number of thiophene rings is 1. The Morgan fingerprint density at radius 2 is 2.23 bits per heavy atom. The Morgan fingerprint density at radius 1 is 1.46 bits per heavy atom. The number of halogens is 2. The van der Waals surface area contributed by atoms with Crippen LogP contribution in [0.3, 0.4) is 0 Å². The first-order chi connectivity index (χ1) is 6.22. The van der Waals surface area contributed by atoms with E-state index in [2.05, 4.69) is 22.6 Å². The summed E-state index contributed by atoms with van der Waals surface area (Å²) in [7, 11) is 1.47. The van der Waals surface area contributed by atoms with E-state index in [1.807, 2.05) is 12.1 Å². The molecule has 0 saturated heterocycles. The molecule has 2 rings (SSSR count). The maximum Gasteiger partial charge on any atom is 0.173 e. The predicted octanol–water partition coefficient (Wildman–Crippen LogP) is 3.65. The lowest BCUT2D eigenvalue weighted by atomic mass is 10.2. The van der Waals surface area contributed by atoms with Gasteiger partial charge in [0.1, 0.15) is 0 Å². The minimum Gasteiger partial charge on any atom is -0.494 e. The van der Waals surface area contributed by atoms with Crippen molar-refractivity contribution < 1.29 is 9.13 Å². The zero-order chi connectivity index (χ0) is 9.42. The summed E-state index contributed by atoms with van der Waals surface area (Å²) in [4.78, 5) is 0. The first-order valence-corrected chi connectivity index (χ1v) is 5.53. The van der Waals surface area contributed by atoms with E-state index in [4.69, 9.17) is 4.74 Å². The Bertz CT molecular complexity index is 452. The maximum atomic E-state index is 13.6. The van der Waals surface area contributed by atoms with Gasteiger partial charge in [-0.3, -0.25) is 0 Å². The van der Waals surface area contributed by atoms with Crippen molar-refractivity contribution in [1.29, 1.82) is 0 Å². The van der Waals surface area contributed by atoms with Gasteiger partial charge in [0, 0.05) is 10.1 Å². The van der Waals surface area contributed by atoms with Gasteiger partial charge in [-0.05, 0) is 40.8 Å². The molecular formula is C9H6FIOS. The zero-order valence-corrected chi connectivity index (χ0v) is 9.78. The Morgan fingerprint density at radius 3 is 2.92 bits per heavy atom. The summed E-state index contributed by atoms with van der Waals surface area (Å²) in [5.41, 5.74) is 0. The van der Waals surface area contributed by atoms with Crippen molar-refractivity contribution in [3.8, 4) is 5.75 Å². The Labute approximate surface area is 92.7 Å². The van der Waals surface area contributed by atoms with Crippen LogP contribution < -0.4 is 4.74 Å². The lowest BCUT2D eigenvalue weighted by Gasteiger charge is -2.00. The molecule has 1 aromatic carbocycles. The smallest absolute Gasteiger partial charge is 0.173 e. The number of rotatable bonds is 1. The number of hydrogen-bond acceptors (Lipinski definition) is 2. The number of ether oxygens (including phenoxy) is 1. The normalized spacial score (nSPS) is 10.7. The lowest BCUT2D eigenvalue weighted by Crippen LogP contribution is -1.86. The molecule has 0 aliphatic carbocycles. The molecule has 4 heteroatoms. The average molecular weight is 308 g/mol. The minimum atomic E-state index is -0.265. The highest BCUT2D eigenvalue weighted by molar-refractivity contribution is 14.1. The molecule has 0 amide bonds. The zero-order valence-electron chi connectivity index (χ0n) is 6.80. The molecule has 13 heavy (non-hydrogen) atoms. The standard InChI is InChI=1S/C9H6FIOS/c1-12-6-2-3-7-5(9(6)10)4-8(11)13-7/h2-4H,1H3. The molecule has 1 aromatic heterocycles. The van der Waals surface area contributed by atoms with Crippen LogP contribution in [-0.2, 0) is 0 Å². The molecule has 0 spiro atoms. The van der Waals surface area contributed by atoms with Crippen molar-refractivity contribution in [3.63, 3.8) is 0 Å². The van der Waals surface area contributed by atoms with Crippen molar-refractivity contribution in [2.45, 2.75) is 0 Å². The molecule has 0 bridgehead atoms. The van der Waals surface area contributed by atoms with Gasteiger partial charge in [-0.25, -0.2) is 4.39 Å². The summed E-state index contributed by atoms with van der Waals surface area (Å²) in [5.74, 6) is 0.0425. The molecule has 0 fully saturated rings. The van der Waals surface area contributed by atoms with Gasteiger partial charge in [-0.2, -0.15) is 0 Å².